The molecule has 0 bridgehead atoms. The Bertz CT molecular complexity index is 789. The molecule has 6 nitrogen and oxygen atoms in total. The molecule has 0 radical (unpaired) electrons. The van der Waals surface area contributed by atoms with E-state index in [2.05, 4.69) is 33.0 Å². The normalized spacial score (nSPS) is 18.7. The van der Waals surface area contributed by atoms with Gasteiger partial charge in [0.05, 0.1) is 17.2 Å². The third-order valence-corrected chi connectivity index (χ3v) is 6.66. The number of rotatable bonds is 6. The summed E-state index contributed by atoms with van der Waals surface area (Å²) < 4.78 is 23.2. The highest BCUT2D eigenvalue weighted by molar-refractivity contribution is 7.91. The molecule has 1 aliphatic rings. The zero-order valence-electron chi connectivity index (χ0n) is 16.8. The molecule has 7 heteroatoms. The number of anilines is 1. The van der Waals surface area contributed by atoms with Crippen LogP contribution in [-0.2, 0) is 19.4 Å². The Morgan fingerprint density at radius 3 is 2.11 bits per heavy atom. The highest BCUT2D eigenvalue weighted by Gasteiger charge is 2.30. The van der Waals surface area contributed by atoms with Gasteiger partial charge < -0.3 is 10.2 Å². The molecule has 1 fully saturated rings. The fraction of sp³-hybridized carbons (Fsp3) is 0.600. The van der Waals surface area contributed by atoms with Gasteiger partial charge in [-0.15, -0.1) is 0 Å². The summed E-state index contributed by atoms with van der Waals surface area (Å²) >= 11 is 0. The van der Waals surface area contributed by atoms with E-state index >= 15 is 0 Å². The maximum atomic E-state index is 12.6. The minimum Gasteiger partial charge on any atom is -0.351 e. The molecule has 27 heavy (non-hydrogen) atoms. The second-order valence-electron chi connectivity index (χ2n) is 7.87. The molecule has 2 rings (SSSR count). The zero-order chi connectivity index (χ0) is 20.4. The number of carbonyl (C=O) groups is 2. The predicted octanol–water partition coefficient (Wildman–Crippen LogP) is 2.59. The molecular weight excluding hydrogens is 364 g/mol. The van der Waals surface area contributed by atoms with Gasteiger partial charge in [-0.3, -0.25) is 9.59 Å². The van der Waals surface area contributed by atoms with Crippen LogP contribution in [-0.4, -0.2) is 44.3 Å². The molecule has 1 N–H and O–H groups in total. The van der Waals surface area contributed by atoms with Crippen molar-refractivity contribution in [2.24, 2.45) is 0 Å². The minimum absolute atomic E-state index is 0.0291. The summed E-state index contributed by atoms with van der Waals surface area (Å²) in [4.78, 5) is 26.5. The van der Waals surface area contributed by atoms with Gasteiger partial charge in [-0.1, -0.05) is 45.9 Å². The van der Waals surface area contributed by atoms with Gasteiger partial charge in [0, 0.05) is 13.0 Å². The van der Waals surface area contributed by atoms with Crippen LogP contribution in [0.15, 0.2) is 18.2 Å². The van der Waals surface area contributed by atoms with Gasteiger partial charge in [-0.2, -0.15) is 0 Å². The van der Waals surface area contributed by atoms with Crippen LogP contribution >= 0.6 is 0 Å². The molecule has 1 unspecified atom stereocenters. The number of benzene rings is 1. The number of hydrogen-bond acceptors (Lipinski definition) is 4. The van der Waals surface area contributed by atoms with Gasteiger partial charge in [0.1, 0.15) is 6.54 Å². The molecule has 1 aromatic rings. The van der Waals surface area contributed by atoms with Crippen molar-refractivity contribution in [3.05, 3.63) is 29.3 Å². The summed E-state index contributed by atoms with van der Waals surface area (Å²) in [6.45, 7) is 9.58. The SMILES string of the molecule is CC(=O)N(CC(=O)NC1CCS(=O)(=O)C1)c1c(C(C)C)cccc1C(C)C. The standard InChI is InChI=1S/C20H30N2O4S/c1-13(2)17-7-6-8-18(14(3)4)20(17)22(15(5)23)11-19(24)21-16-9-10-27(25,26)12-16/h6-8,13-14,16H,9-12H2,1-5H3,(H,21,24). The van der Waals surface area contributed by atoms with Gasteiger partial charge >= 0.3 is 0 Å². The molecule has 150 valence electrons. The fourth-order valence-electron chi connectivity index (χ4n) is 3.50. The first-order chi connectivity index (χ1) is 12.5. The minimum atomic E-state index is -3.07. The maximum absolute atomic E-state index is 12.6. The lowest BCUT2D eigenvalue weighted by Gasteiger charge is -2.29. The van der Waals surface area contributed by atoms with E-state index in [-0.39, 0.29) is 47.7 Å². The van der Waals surface area contributed by atoms with Crippen molar-refractivity contribution < 1.29 is 18.0 Å². The van der Waals surface area contributed by atoms with Crippen LogP contribution in [0, 0.1) is 0 Å². The highest BCUT2D eigenvalue weighted by Crippen LogP contribution is 2.35. The van der Waals surface area contributed by atoms with Crippen LogP contribution in [0.3, 0.4) is 0 Å². The number of hydrogen-bond donors (Lipinski definition) is 1. The first kappa shape index (κ1) is 21.4. The molecule has 1 atom stereocenters. The van der Waals surface area contributed by atoms with Crippen molar-refractivity contribution in [3.63, 3.8) is 0 Å². The highest BCUT2D eigenvalue weighted by atomic mass is 32.2. The van der Waals surface area contributed by atoms with Gasteiger partial charge in [-0.25, -0.2) is 8.42 Å². The van der Waals surface area contributed by atoms with Crippen LogP contribution in [0.5, 0.6) is 0 Å². The van der Waals surface area contributed by atoms with Gasteiger partial charge in [0.15, 0.2) is 9.84 Å². The second kappa shape index (κ2) is 8.42. The second-order valence-corrected chi connectivity index (χ2v) is 10.1. The number of sulfone groups is 1. The molecule has 0 aliphatic carbocycles. The number of nitrogens with zero attached hydrogens (tertiary/aromatic N) is 1. The van der Waals surface area contributed by atoms with Crippen molar-refractivity contribution >= 4 is 27.3 Å². The lowest BCUT2D eigenvalue weighted by molar-refractivity contribution is -0.123. The number of nitrogens with one attached hydrogen (secondary N) is 1. The van der Waals surface area contributed by atoms with Crippen molar-refractivity contribution in [3.8, 4) is 0 Å². The molecular formula is C20H30N2O4S. The van der Waals surface area contributed by atoms with Crippen LogP contribution in [0.2, 0.25) is 0 Å². The molecule has 0 spiro atoms. The molecule has 0 aromatic heterocycles. The molecule has 1 aliphatic heterocycles. The Kier molecular flexibility index (Phi) is 6.68. The largest absolute Gasteiger partial charge is 0.351 e. The number of amides is 2. The Labute approximate surface area is 162 Å². The fourth-order valence-corrected chi connectivity index (χ4v) is 5.17. The first-order valence-electron chi connectivity index (χ1n) is 9.42. The van der Waals surface area contributed by atoms with Crippen LogP contribution < -0.4 is 10.2 Å². The van der Waals surface area contributed by atoms with Gasteiger partial charge in [-0.05, 0) is 29.4 Å². The third-order valence-electron chi connectivity index (χ3n) is 4.89. The van der Waals surface area contributed by atoms with E-state index in [1.54, 1.807) is 0 Å². The number of para-hydroxylation sites is 1. The Morgan fingerprint density at radius 2 is 1.70 bits per heavy atom. The molecule has 2 amide bonds. The lowest BCUT2D eigenvalue weighted by Crippen LogP contribution is -2.44. The molecule has 0 saturated carbocycles. The first-order valence-corrected chi connectivity index (χ1v) is 11.2. The topological polar surface area (TPSA) is 83.6 Å². The summed E-state index contributed by atoms with van der Waals surface area (Å²) in [5, 5.41) is 2.77. The van der Waals surface area contributed by atoms with Crippen molar-refractivity contribution in [1.82, 2.24) is 5.32 Å². The molecule has 1 aromatic carbocycles. The monoisotopic (exact) mass is 394 g/mol. The smallest absolute Gasteiger partial charge is 0.240 e. The van der Waals surface area contributed by atoms with E-state index in [9.17, 15) is 18.0 Å². The summed E-state index contributed by atoms with van der Waals surface area (Å²) in [6.07, 6.45) is 0.425. The summed E-state index contributed by atoms with van der Waals surface area (Å²) in [5.41, 5.74) is 2.84. The molecule has 1 saturated heterocycles. The van der Waals surface area contributed by atoms with Crippen LogP contribution in [0.25, 0.3) is 0 Å². The Morgan fingerprint density at radius 1 is 1.15 bits per heavy atom. The van der Waals surface area contributed by atoms with E-state index in [0.717, 1.165) is 16.8 Å². The van der Waals surface area contributed by atoms with Crippen molar-refractivity contribution in [1.29, 1.82) is 0 Å². The van der Waals surface area contributed by atoms with E-state index in [0.29, 0.717) is 6.42 Å². The van der Waals surface area contributed by atoms with E-state index < -0.39 is 9.84 Å². The summed E-state index contributed by atoms with van der Waals surface area (Å²) in [5.74, 6) is -0.0762. The predicted molar refractivity (Wildman–Crippen MR) is 108 cm³/mol. The zero-order valence-corrected chi connectivity index (χ0v) is 17.6. The van der Waals surface area contributed by atoms with E-state index in [1.807, 2.05) is 18.2 Å². The average molecular weight is 395 g/mol. The van der Waals surface area contributed by atoms with Crippen LogP contribution in [0.1, 0.15) is 64.0 Å². The van der Waals surface area contributed by atoms with Gasteiger partial charge in [0.2, 0.25) is 11.8 Å². The molecule has 1 heterocycles. The quantitative estimate of drug-likeness (QED) is 0.804. The van der Waals surface area contributed by atoms with Crippen molar-refractivity contribution in [2.45, 2.75) is 58.9 Å². The van der Waals surface area contributed by atoms with E-state index in [1.165, 1.54) is 11.8 Å². The Hall–Kier alpha value is -1.89. The summed E-state index contributed by atoms with van der Waals surface area (Å²) in [7, 11) is -3.07. The summed E-state index contributed by atoms with van der Waals surface area (Å²) in [6, 6.07) is 5.59. The maximum Gasteiger partial charge on any atom is 0.240 e. The van der Waals surface area contributed by atoms with Crippen LogP contribution in [0.4, 0.5) is 5.69 Å². The lowest BCUT2D eigenvalue weighted by atomic mass is 9.91. The third kappa shape index (κ3) is 5.31. The van der Waals surface area contributed by atoms with Gasteiger partial charge in [0.25, 0.3) is 0 Å². The average Bonchev–Trinajstić information content (AvgIpc) is 2.90. The van der Waals surface area contributed by atoms with E-state index in [4.69, 9.17) is 0 Å². The number of carbonyl (C=O) groups excluding carboxylic acids is 2. The Balaban J connectivity index is 2.30. The van der Waals surface area contributed by atoms with Crippen molar-refractivity contribution in [2.75, 3.05) is 23.0 Å².